The molecule has 1 aliphatic rings. The third-order valence-electron chi connectivity index (χ3n) is 3.74. The first-order valence-corrected chi connectivity index (χ1v) is 7.22. The summed E-state index contributed by atoms with van der Waals surface area (Å²) in [5.74, 6) is -0.684. The summed E-state index contributed by atoms with van der Waals surface area (Å²) >= 11 is 0. The van der Waals surface area contributed by atoms with E-state index in [1.165, 1.54) is 0 Å². The molecule has 1 aromatic rings. The van der Waals surface area contributed by atoms with E-state index in [0.717, 1.165) is 5.56 Å². The van der Waals surface area contributed by atoms with Gasteiger partial charge in [0.1, 0.15) is 0 Å². The van der Waals surface area contributed by atoms with Crippen molar-refractivity contribution in [1.82, 2.24) is 4.90 Å². The Balaban J connectivity index is 1.89. The lowest BCUT2D eigenvalue weighted by Gasteiger charge is -2.33. The van der Waals surface area contributed by atoms with Gasteiger partial charge in [-0.15, -0.1) is 0 Å². The molecule has 5 heteroatoms. The minimum atomic E-state index is -0.896. The molecule has 2 atom stereocenters. The Bertz CT molecular complexity index is 488. The quantitative estimate of drug-likeness (QED) is 0.899. The number of carboxylic acid groups (broad SMARTS) is 1. The largest absolute Gasteiger partial charge is 0.481 e. The van der Waals surface area contributed by atoms with Gasteiger partial charge in [-0.1, -0.05) is 37.3 Å². The van der Waals surface area contributed by atoms with Gasteiger partial charge in [0.2, 0.25) is 5.91 Å². The van der Waals surface area contributed by atoms with Crippen LogP contribution in [0.15, 0.2) is 30.3 Å². The Morgan fingerprint density at radius 3 is 2.76 bits per heavy atom. The smallest absolute Gasteiger partial charge is 0.306 e. The predicted octanol–water partition coefficient (Wildman–Crippen LogP) is 1.88. The molecule has 1 aliphatic heterocycles. The number of amides is 1. The van der Waals surface area contributed by atoms with Crippen molar-refractivity contribution in [1.29, 1.82) is 0 Å². The first-order chi connectivity index (χ1) is 10.1. The topological polar surface area (TPSA) is 66.8 Å². The highest BCUT2D eigenvalue weighted by molar-refractivity contribution is 5.77. The van der Waals surface area contributed by atoms with Crippen molar-refractivity contribution in [3.63, 3.8) is 0 Å². The van der Waals surface area contributed by atoms with Crippen molar-refractivity contribution in [2.45, 2.75) is 31.8 Å². The summed E-state index contributed by atoms with van der Waals surface area (Å²) in [5, 5.41) is 8.80. The molecule has 2 unspecified atom stereocenters. The van der Waals surface area contributed by atoms with Gasteiger partial charge in [0.05, 0.1) is 19.1 Å². The number of ether oxygens (including phenoxy) is 1. The Hall–Kier alpha value is -1.88. The van der Waals surface area contributed by atoms with E-state index >= 15 is 0 Å². The van der Waals surface area contributed by atoms with Gasteiger partial charge >= 0.3 is 5.97 Å². The Labute approximate surface area is 124 Å². The standard InChI is InChI=1S/C16H21NO4/c1-12(13-5-3-2-4-6-13)9-15(18)17-7-8-21-14(11-17)10-16(19)20/h2-6,12,14H,7-11H2,1H3,(H,19,20). The van der Waals surface area contributed by atoms with Gasteiger partial charge in [-0.05, 0) is 11.5 Å². The molecule has 114 valence electrons. The molecule has 0 aliphatic carbocycles. The number of carboxylic acids is 1. The van der Waals surface area contributed by atoms with Crippen LogP contribution < -0.4 is 0 Å². The maximum Gasteiger partial charge on any atom is 0.306 e. The van der Waals surface area contributed by atoms with Gasteiger partial charge in [-0.25, -0.2) is 0 Å². The van der Waals surface area contributed by atoms with Crippen molar-refractivity contribution in [3.8, 4) is 0 Å². The molecule has 5 nitrogen and oxygen atoms in total. The van der Waals surface area contributed by atoms with E-state index in [0.29, 0.717) is 26.1 Å². The average molecular weight is 291 g/mol. The van der Waals surface area contributed by atoms with Crippen LogP contribution in [0.2, 0.25) is 0 Å². The van der Waals surface area contributed by atoms with E-state index in [4.69, 9.17) is 9.84 Å². The fraction of sp³-hybridized carbons (Fsp3) is 0.500. The summed E-state index contributed by atoms with van der Waals surface area (Å²) in [7, 11) is 0. The molecule has 1 heterocycles. The van der Waals surface area contributed by atoms with Crippen LogP contribution in [-0.2, 0) is 14.3 Å². The van der Waals surface area contributed by atoms with Crippen molar-refractivity contribution in [2.24, 2.45) is 0 Å². The molecular weight excluding hydrogens is 270 g/mol. The van der Waals surface area contributed by atoms with Gasteiger partial charge in [-0.3, -0.25) is 9.59 Å². The number of carbonyl (C=O) groups is 2. The minimum Gasteiger partial charge on any atom is -0.481 e. The summed E-state index contributed by atoms with van der Waals surface area (Å²) < 4.78 is 5.38. The molecule has 21 heavy (non-hydrogen) atoms. The van der Waals surface area contributed by atoms with E-state index < -0.39 is 12.1 Å². The summed E-state index contributed by atoms with van der Waals surface area (Å²) in [5.41, 5.74) is 1.14. The zero-order valence-corrected chi connectivity index (χ0v) is 12.2. The van der Waals surface area contributed by atoms with Crippen molar-refractivity contribution in [2.75, 3.05) is 19.7 Å². The number of morpholine rings is 1. The third-order valence-corrected chi connectivity index (χ3v) is 3.74. The van der Waals surface area contributed by atoms with Crippen molar-refractivity contribution < 1.29 is 19.4 Å². The van der Waals surface area contributed by atoms with Crippen LogP contribution in [0.1, 0.15) is 31.2 Å². The number of hydrogen-bond donors (Lipinski definition) is 1. The lowest BCUT2D eigenvalue weighted by molar-refractivity contribution is -0.147. The van der Waals surface area contributed by atoms with E-state index in [1.54, 1.807) is 4.90 Å². The molecule has 0 saturated carbocycles. The van der Waals surface area contributed by atoms with Gasteiger partial charge in [-0.2, -0.15) is 0 Å². The molecule has 0 bridgehead atoms. The number of carbonyl (C=O) groups excluding carboxylic acids is 1. The summed E-state index contributed by atoms with van der Waals surface area (Å²) in [6, 6.07) is 9.92. The normalized spacial score (nSPS) is 20.0. The second-order valence-corrected chi connectivity index (χ2v) is 5.45. The molecule has 1 amide bonds. The van der Waals surface area contributed by atoms with Crippen LogP contribution in [0, 0.1) is 0 Å². The highest BCUT2D eigenvalue weighted by atomic mass is 16.5. The zero-order valence-electron chi connectivity index (χ0n) is 12.2. The summed E-state index contributed by atoms with van der Waals surface area (Å²) in [6.45, 7) is 3.34. The highest BCUT2D eigenvalue weighted by Gasteiger charge is 2.26. The molecule has 0 radical (unpaired) electrons. The number of aliphatic carboxylic acids is 1. The molecule has 1 saturated heterocycles. The van der Waals surface area contributed by atoms with Crippen LogP contribution in [0.25, 0.3) is 0 Å². The first kappa shape index (κ1) is 15.5. The van der Waals surface area contributed by atoms with E-state index in [9.17, 15) is 9.59 Å². The highest BCUT2D eigenvalue weighted by Crippen LogP contribution is 2.20. The Morgan fingerprint density at radius 2 is 2.10 bits per heavy atom. The van der Waals surface area contributed by atoms with E-state index in [-0.39, 0.29) is 18.2 Å². The monoisotopic (exact) mass is 291 g/mol. The number of rotatable bonds is 5. The fourth-order valence-corrected chi connectivity index (χ4v) is 2.55. The van der Waals surface area contributed by atoms with E-state index in [1.807, 2.05) is 37.3 Å². The van der Waals surface area contributed by atoms with Crippen LogP contribution >= 0.6 is 0 Å². The van der Waals surface area contributed by atoms with Gasteiger partial charge in [0, 0.05) is 19.5 Å². The minimum absolute atomic E-state index is 0.0575. The van der Waals surface area contributed by atoms with Gasteiger partial charge < -0.3 is 14.7 Å². The lowest BCUT2D eigenvalue weighted by atomic mass is 9.97. The maximum absolute atomic E-state index is 12.3. The van der Waals surface area contributed by atoms with Crippen molar-refractivity contribution >= 4 is 11.9 Å². The molecule has 1 aromatic carbocycles. The summed E-state index contributed by atoms with van der Waals surface area (Å²) in [6.07, 6.45) is -0.0193. The van der Waals surface area contributed by atoms with Crippen LogP contribution in [0.4, 0.5) is 0 Å². The molecule has 0 spiro atoms. The number of nitrogens with zero attached hydrogens (tertiary/aromatic N) is 1. The molecular formula is C16H21NO4. The van der Waals surface area contributed by atoms with Crippen LogP contribution in [0.3, 0.4) is 0 Å². The first-order valence-electron chi connectivity index (χ1n) is 7.22. The second-order valence-electron chi connectivity index (χ2n) is 5.45. The molecule has 2 rings (SSSR count). The average Bonchev–Trinajstić information content (AvgIpc) is 2.47. The van der Waals surface area contributed by atoms with Crippen LogP contribution in [0.5, 0.6) is 0 Å². The Kier molecular flexibility index (Phi) is 5.33. The predicted molar refractivity (Wildman–Crippen MR) is 78.0 cm³/mol. The number of benzene rings is 1. The SMILES string of the molecule is CC(CC(=O)N1CCOC(CC(=O)O)C1)c1ccccc1. The van der Waals surface area contributed by atoms with E-state index in [2.05, 4.69) is 0 Å². The maximum atomic E-state index is 12.3. The van der Waals surface area contributed by atoms with Crippen LogP contribution in [-0.4, -0.2) is 47.7 Å². The van der Waals surface area contributed by atoms with Crippen molar-refractivity contribution in [3.05, 3.63) is 35.9 Å². The number of hydrogen-bond acceptors (Lipinski definition) is 3. The fourth-order valence-electron chi connectivity index (χ4n) is 2.55. The van der Waals surface area contributed by atoms with Gasteiger partial charge in [0.25, 0.3) is 0 Å². The molecule has 1 N–H and O–H groups in total. The lowest BCUT2D eigenvalue weighted by Crippen LogP contribution is -2.46. The second kappa shape index (κ2) is 7.22. The molecule has 1 fully saturated rings. The summed E-state index contributed by atoms with van der Waals surface area (Å²) in [4.78, 5) is 24.8. The third kappa shape index (κ3) is 4.56. The zero-order chi connectivity index (χ0) is 15.2. The van der Waals surface area contributed by atoms with Gasteiger partial charge in [0.15, 0.2) is 0 Å². The molecule has 0 aromatic heterocycles. The Morgan fingerprint density at radius 1 is 1.38 bits per heavy atom.